The SMILES string of the molecule is CC(C)(C)OC(=O)N1CCC(c2cnc(O[C@H]3C[C@@H]4C=Nc5nnc(-c6ccccc6O)c(C(C)(C)C)c5N4C3)nc2)CC1. The zero-order chi connectivity index (χ0) is 31.2. The molecule has 1 amide bonds. The second kappa shape index (κ2) is 11.3. The number of likely N-dealkylation sites (tertiary alicyclic amines) is 1. The highest BCUT2D eigenvalue weighted by Gasteiger charge is 2.41. The van der Waals surface area contributed by atoms with Gasteiger partial charge in [0, 0.05) is 49.2 Å². The molecule has 0 spiro atoms. The molecule has 3 aliphatic heterocycles. The minimum atomic E-state index is -0.500. The summed E-state index contributed by atoms with van der Waals surface area (Å²) in [4.78, 5) is 30.3. The topological polar surface area (TPSA) is 126 Å². The number of nitrogens with zero attached hydrogens (tertiary/aromatic N) is 7. The number of hydrogen-bond donors (Lipinski definition) is 1. The van der Waals surface area contributed by atoms with Gasteiger partial charge in [0.15, 0.2) is 5.82 Å². The monoisotopic (exact) mass is 599 g/mol. The van der Waals surface area contributed by atoms with E-state index in [0.29, 0.717) is 42.7 Å². The van der Waals surface area contributed by atoms with Gasteiger partial charge in [-0.25, -0.2) is 19.8 Å². The van der Waals surface area contributed by atoms with E-state index in [1.54, 1.807) is 17.0 Å². The van der Waals surface area contributed by atoms with Crippen LogP contribution in [0.15, 0.2) is 41.7 Å². The van der Waals surface area contributed by atoms with Crippen molar-refractivity contribution in [2.24, 2.45) is 4.99 Å². The van der Waals surface area contributed by atoms with Crippen LogP contribution in [0.25, 0.3) is 11.3 Å². The van der Waals surface area contributed by atoms with Crippen molar-refractivity contribution in [3.8, 4) is 23.0 Å². The fraction of sp³-hybridized carbons (Fsp3) is 0.515. The number of piperidine rings is 1. The van der Waals surface area contributed by atoms with Crippen molar-refractivity contribution in [2.75, 3.05) is 24.5 Å². The summed E-state index contributed by atoms with van der Waals surface area (Å²) >= 11 is 0. The van der Waals surface area contributed by atoms with Gasteiger partial charge in [0.05, 0.1) is 18.3 Å². The Morgan fingerprint density at radius 2 is 1.70 bits per heavy atom. The summed E-state index contributed by atoms with van der Waals surface area (Å²) in [6.07, 6.45) is 7.62. The first-order chi connectivity index (χ1) is 20.9. The normalized spacial score (nSPS) is 20.3. The van der Waals surface area contributed by atoms with Crippen molar-refractivity contribution < 1.29 is 19.4 Å². The van der Waals surface area contributed by atoms with E-state index >= 15 is 0 Å². The third-order valence-electron chi connectivity index (χ3n) is 8.34. The van der Waals surface area contributed by atoms with E-state index in [0.717, 1.165) is 36.1 Å². The Labute approximate surface area is 258 Å². The van der Waals surface area contributed by atoms with Gasteiger partial charge in [-0.1, -0.05) is 32.9 Å². The maximum atomic E-state index is 12.4. The van der Waals surface area contributed by atoms with Gasteiger partial charge >= 0.3 is 12.1 Å². The number of hydrogen-bond acceptors (Lipinski definition) is 10. The van der Waals surface area contributed by atoms with Crippen molar-refractivity contribution in [3.05, 3.63) is 47.8 Å². The smallest absolute Gasteiger partial charge is 0.410 e. The summed E-state index contributed by atoms with van der Waals surface area (Å²) in [5.74, 6) is 1.02. The molecule has 11 heteroatoms. The fourth-order valence-corrected chi connectivity index (χ4v) is 6.29. The Hall–Kier alpha value is -4.28. The number of aromatic hydroxyl groups is 1. The van der Waals surface area contributed by atoms with E-state index < -0.39 is 5.60 Å². The van der Waals surface area contributed by atoms with Crippen LogP contribution in [0.5, 0.6) is 11.8 Å². The van der Waals surface area contributed by atoms with E-state index in [1.807, 2.05) is 51.5 Å². The second-order valence-electron chi connectivity index (χ2n) is 13.9. The molecule has 6 rings (SSSR count). The fourth-order valence-electron chi connectivity index (χ4n) is 6.29. The largest absolute Gasteiger partial charge is 0.507 e. The minimum Gasteiger partial charge on any atom is -0.507 e. The van der Waals surface area contributed by atoms with Crippen LogP contribution in [-0.4, -0.2) is 79.9 Å². The Morgan fingerprint density at radius 3 is 2.36 bits per heavy atom. The Balaban J connectivity index is 1.15. The first-order valence-corrected chi connectivity index (χ1v) is 15.3. The van der Waals surface area contributed by atoms with Gasteiger partial charge in [-0.2, -0.15) is 0 Å². The molecule has 0 radical (unpaired) electrons. The van der Waals surface area contributed by atoms with Gasteiger partial charge in [-0.05, 0) is 62.6 Å². The number of carbonyl (C=O) groups is 1. The van der Waals surface area contributed by atoms with Gasteiger partial charge in [0.25, 0.3) is 0 Å². The van der Waals surface area contributed by atoms with Crippen LogP contribution >= 0.6 is 0 Å². The van der Waals surface area contributed by atoms with Crippen LogP contribution in [0.2, 0.25) is 0 Å². The number of amides is 1. The molecular formula is C33H41N7O4. The average Bonchev–Trinajstić information content (AvgIpc) is 3.39. The highest BCUT2D eigenvalue weighted by atomic mass is 16.6. The summed E-state index contributed by atoms with van der Waals surface area (Å²) in [5.41, 5.74) is 3.48. The lowest BCUT2D eigenvalue weighted by Gasteiger charge is -2.34. The van der Waals surface area contributed by atoms with Gasteiger partial charge in [-0.3, -0.25) is 0 Å². The molecule has 2 atom stereocenters. The van der Waals surface area contributed by atoms with Crippen molar-refractivity contribution >= 4 is 23.8 Å². The molecule has 232 valence electrons. The molecule has 2 saturated heterocycles. The predicted octanol–water partition coefficient (Wildman–Crippen LogP) is 5.79. The summed E-state index contributed by atoms with van der Waals surface area (Å²) in [6, 6.07) is 7.61. The lowest BCUT2D eigenvalue weighted by atomic mass is 9.82. The van der Waals surface area contributed by atoms with Crippen LogP contribution < -0.4 is 9.64 Å². The highest BCUT2D eigenvalue weighted by Crippen LogP contribution is 2.47. The third-order valence-corrected chi connectivity index (χ3v) is 8.34. The number of phenols is 1. The molecule has 0 aliphatic carbocycles. The molecule has 2 fully saturated rings. The minimum absolute atomic E-state index is 0.0319. The van der Waals surface area contributed by atoms with Crippen LogP contribution in [0.3, 0.4) is 0 Å². The molecule has 0 saturated carbocycles. The van der Waals surface area contributed by atoms with Crippen LogP contribution in [0, 0.1) is 0 Å². The molecule has 1 aromatic carbocycles. The Morgan fingerprint density at radius 1 is 1.00 bits per heavy atom. The maximum absolute atomic E-state index is 12.4. The zero-order valence-electron chi connectivity index (χ0n) is 26.3. The molecular weight excluding hydrogens is 558 g/mol. The van der Waals surface area contributed by atoms with E-state index in [4.69, 9.17) is 9.47 Å². The molecule has 0 bridgehead atoms. The average molecular weight is 600 g/mol. The van der Waals surface area contributed by atoms with E-state index in [9.17, 15) is 9.90 Å². The number of aliphatic imine (C=N–C) groups is 1. The van der Waals surface area contributed by atoms with E-state index in [-0.39, 0.29) is 35.3 Å². The van der Waals surface area contributed by atoms with Crippen molar-refractivity contribution in [1.82, 2.24) is 25.1 Å². The summed E-state index contributed by atoms with van der Waals surface area (Å²) < 4.78 is 11.8. The molecule has 5 heterocycles. The van der Waals surface area contributed by atoms with Crippen LogP contribution in [-0.2, 0) is 10.2 Å². The van der Waals surface area contributed by atoms with Gasteiger partial charge < -0.3 is 24.4 Å². The number of aromatic nitrogens is 4. The first kappa shape index (κ1) is 29.8. The second-order valence-corrected chi connectivity index (χ2v) is 13.9. The number of fused-ring (bicyclic) bond motifs is 3. The number of phenolic OH excluding ortho intramolecular Hbond substituents is 1. The predicted molar refractivity (Wildman–Crippen MR) is 168 cm³/mol. The summed E-state index contributed by atoms with van der Waals surface area (Å²) in [5, 5.41) is 19.7. The van der Waals surface area contributed by atoms with E-state index in [1.165, 1.54) is 0 Å². The van der Waals surface area contributed by atoms with Gasteiger partial charge in [0.1, 0.15) is 23.1 Å². The van der Waals surface area contributed by atoms with Crippen LogP contribution in [0.4, 0.5) is 16.3 Å². The van der Waals surface area contributed by atoms with Gasteiger partial charge in [0.2, 0.25) is 0 Å². The molecule has 2 aromatic heterocycles. The lowest BCUT2D eigenvalue weighted by molar-refractivity contribution is 0.0204. The third kappa shape index (κ3) is 6.05. The Bertz CT molecular complexity index is 1550. The van der Waals surface area contributed by atoms with Crippen molar-refractivity contribution in [3.63, 3.8) is 0 Å². The summed E-state index contributed by atoms with van der Waals surface area (Å²) in [7, 11) is 0. The maximum Gasteiger partial charge on any atom is 0.410 e. The lowest BCUT2D eigenvalue weighted by Crippen LogP contribution is -2.41. The number of anilines is 1. The quantitative estimate of drug-likeness (QED) is 0.396. The zero-order valence-corrected chi connectivity index (χ0v) is 26.3. The summed E-state index contributed by atoms with van der Waals surface area (Å²) in [6.45, 7) is 14.0. The first-order valence-electron chi connectivity index (χ1n) is 15.3. The standard InChI is InChI=1S/C33H41N7O4/c1-32(2,3)26-27(24-9-7-8-10-25(24)41)37-38-29-28(26)40-19-23(15-22(40)18-34-29)43-30-35-16-21(17-36-30)20-11-13-39(14-12-20)31(42)44-33(4,5)6/h7-10,16-18,20,22-23,41H,11-15,19H2,1-6H3/t22-,23+/m1/s1. The van der Waals surface area contributed by atoms with Crippen LogP contribution in [0.1, 0.15) is 77.8 Å². The molecule has 3 aliphatic rings. The molecule has 3 aromatic rings. The molecule has 11 nitrogen and oxygen atoms in total. The number of benzene rings is 1. The Kier molecular flexibility index (Phi) is 7.67. The molecule has 44 heavy (non-hydrogen) atoms. The van der Waals surface area contributed by atoms with E-state index in [2.05, 4.69) is 50.8 Å². The number of rotatable bonds is 4. The number of carbonyl (C=O) groups excluding carboxylic acids is 1. The van der Waals surface area contributed by atoms with Crippen molar-refractivity contribution in [1.29, 1.82) is 0 Å². The number of para-hydroxylation sites is 1. The van der Waals surface area contributed by atoms with Crippen molar-refractivity contribution in [2.45, 2.75) is 89.9 Å². The number of ether oxygens (including phenoxy) is 2. The molecule has 1 N–H and O–H groups in total. The van der Waals surface area contributed by atoms with Gasteiger partial charge in [-0.15, -0.1) is 10.2 Å². The molecule has 0 unspecified atom stereocenters. The highest BCUT2D eigenvalue weighted by molar-refractivity contribution is 5.89.